The molecule has 6 heteroatoms. The molecule has 20 heavy (non-hydrogen) atoms. The van der Waals surface area contributed by atoms with Crippen LogP contribution in [0.5, 0.6) is 0 Å². The molecule has 1 aromatic carbocycles. The van der Waals surface area contributed by atoms with Gasteiger partial charge in [-0.05, 0) is 6.92 Å². The van der Waals surface area contributed by atoms with Gasteiger partial charge in [-0.1, -0.05) is 30.3 Å². The van der Waals surface area contributed by atoms with E-state index in [1.54, 1.807) is 5.38 Å². The van der Waals surface area contributed by atoms with Crippen LogP contribution in [0, 0.1) is 0 Å². The lowest BCUT2D eigenvalue weighted by Crippen LogP contribution is -2.30. The summed E-state index contributed by atoms with van der Waals surface area (Å²) in [5.74, 6) is -1.18. The molecule has 1 heterocycles. The number of carbonyl (C=O) groups excluding carboxylic acids is 2. The van der Waals surface area contributed by atoms with Crippen molar-refractivity contribution in [2.45, 2.75) is 19.4 Å². The number of nitrogens with zero attached hydrogens (tertiary/aromatic N) is 1. The maximum absolute atomic E-state index is 11.6. The Hall–Kier alpha value is -2.21. The molecule has 0 aliphatic rings. The Balaban J connectivity index is 2.00. The molecule has 0 saturated heterocycles. The number of ether oxygens (including phenoxy) is 1. The largest absolute Gasteiger partial charge is 0.452 e. The zero-order valence-electron chi connectivity index (χ0n) is 10.9. The summed E-state index contributed by atoms with van der Waals surface area (Å²) in [7, 11) is 0. The smallest absolute Gasteiger partial charge is 0.312 e. The summed E-state index contributed by atoms with van der Waals surface area (Å²) in [6, 6.07) is 9.70. The van der Waals surface area contributed by atoms with Crippen molar-refractivity contribution >= 4 is 23.2 Å². The third-order valence-electron chi connectivity index (χ3n) is 2.61. The molecule has 1 amide bonds. The maximum Gasteiger partial charge on any atom is 0.312 e. The summed E-state index contributed by atoms with van der Waals surface area (Å²) in [5.41, 5.74) is 6.65. The van der Waals surface area contributed by atoms with E-state index in [4.69, 9.17) is 10.5 Å². The van der Waals surface area contributed by atoms with Crippen LogP contribution < -0.4 is 5.73 Å². The first kappa shape index (κ1) is 14.2. The van der Waals surface area contributed by atoms with E-state index >= 15 is 0 Å². The number of rotatable bonds is 5. The number of thiazole rings is 1. The monoisotopic (exact) mass is 290 g/mol. The summed E-state index contributed by atoms with van der Waals surface area (Å²) >= 11 is 1.46. The SMILES string of the molecule is C[C@@H](OC(=O)Cc1csc(-c2ccccc2)n1)C(N)=O. The maximum atomic E-state index is 11.6. The van der Waals surface area contributed by atoms with E-state index < -0.39 is 18.0 Å². The molecule has 0 aliphatic heterocycles. The van der Waals surface area contributed by atoms with Crippen molar-refractivity contribution in [2.75, 3.05) is 0 Å². The van der Waals surface area contributed by atoms with Gasteiger partial charge in [0, 0.05) is 10.9 Å². The number of hydrogen-bond acceptors (Lipinski definition) is 5. The second-order valence-corrected chi connectivity index (χ2v) is 5.08. The molecule has 0 saturated carbocycles. The highest BCUT2D eigenvalue weighted by atomic mass is 32.1. The van der Waals surface area contributed by atoms with Crippen LogP contribution in [0.15, 0.2) is 35.7 Å². The van der Waals surface area contributed by atoms with Crippen molar-refractivity contribution in [3.63, 3.8) is 0 Å². The van der Waals surface area contributed by atoms with Crippen LogP contribution in [-0.4, -0.2) is 23.0 Å². The second kappa shape index (κ2) is 6.29. The third kappa shape index (κ3) is 3.64. The van der Waals surface area contributed by atoms with Gasteiger partial charge in [0.1, 0.15) is 5.01 Å². The zero-order valence-corrected chi connectivity index (χ0v) is 11.7. The van der Waals surface area contributed by atoms with Crippen LogP contribution in [0.25, 0.3) is 10.6 Å². The molecule has 0 radical (unpaired) electrons. The molecule has 5 nitrogen and oxygen atoms in total. The van der Waals surface area contributed by atoms with E-state index in [2.05, 4.69) is 4.98 Å². The predicted molar refractivity (Wildman–Crippen MR) is 76.0 cm³/mol. The fourth-order valence-electron chi connectivity index (χ4n) is 1.55. The molecule has 0 aliphatic carbocycles. The van der Waals surface area contributed by atoms with E-state index in [0.717, 1.165) is 10.6 Å². The van der Waals surface area contributed by atoms with Gasteiger partial charge in [-0.2, -0.15) is 0 Å². The van der Waals surface area contributed by atoms with E-state index in [-0.39, 0.29) is 6.42 Å². The number of nitrogens with two attached hydrogens (primary N) is 1. The van der Waals surface area contributed by atoms with Gasteiger partial charge in [0.25, 0.3) is 5.91 Å². The van der Waals surface area contributed by atoms with Gasteiger partial charge in [0.15, 0.2) is 6.10 Å². The van der Waals surface area contributed by atoms with Crippen LogP contribution in [-0.2, 0) is 20.7 Å². The van der Waals surface area contributed by atoms with Gasteiger partial charge in [-0.15, -0.1) is 11.3 Å². The number of aromatic nitrogens is 1. The van der Waals surface area contributed by atoms with Crippen molar-refractivity contribution in [3.8, 4) is 10.6 Å². The lowest BCUT2D eigenvalue weighted by Gasteiger charge is -2.08. The van der Waals surface area contributed by atoms with Crippen LogP contribution >= 0.6 is 11.3 Å². The fourth-order valence-corrected chi connectivity index (χ4v) is 2.37. The molecule has 0 unspecified atom stereocenters. The number of amides is 1. The first-order chi connectivity index (χ1) is 9.56. The minimum atomic E-state index is -0.922. The molecule has 0 fully saturated rings. The molecule has 104 valence electrons. The van der Waals surface area contributed by atoms with Crippen LogP contribution in [0.1, 0.15) is 12.6 Å². The van der Waals surface area contributed by atoms with Gasteiger partial charge in [0.05, 0.1) is 12.1 Å². The van der Waals surface area contributed by atoms with Crippen molar-refractivity contribution in [1.29, 1.82) is 0 Å². The Morgan fingerprint density at radius 3 is 2.70 bits per heavy atom. The fraction of sp³-hybridized carbons (Fsp3) is 0.214. The standard InChI is InChI=1S/C14H14N2O3S/c1-9(13(15)18)19-12(17)7-11-8-20-14(16-11)10-5-3-2-4-6-10/h2-6,8-9H,7H2,1H3,(H2,15,18)/t9-/m1/s1. The number of hydrogen-bond donors (Lipinski definition) is 1. The van der Waals surface area contributed by atoms with E-state index in [1.807, 2.05) is 30.3 Å². The quantitative estimate of drug-likeness (QED) is 0.851. The summed E-state index contributed by atoms with van der Waals surface area (Å²) in [6.45, 7) is 1.44. The van der Waals surface area contributed by atoms with Gasteiger partial charge >= 0.3 is 5.97 Å². The first-order valence-corrected chi connectivity index (χ1v) is 6.93. The van der Waals surface area contributed by atoms with Gasteiger partial charge in [0.2, 0.25) is 0 Å². The van der Waals surface area contributed by atoms with E-state index in [1.165, 1.54) is 18.3 Å². The highest BCUT2D eigenvalue weighted by Gasteiger charge is 2.16. The van der Waals surface area contributed by atoms with Gasteiger partial charge in [-0.25, -0.2) is 4.98 Å². The Labute approximate surface area is 120 Å². The minimum Gasteiger partial charge on any atom is -0.452 e. The average Bonchev–Trinajstić information content (AvgIpc) is 2.88. The third-order valence-corrected chi connectivity index (χ3v) is 3.55. The number of carbonyl (C=O) groups is 2. The van der Waals surface area contributed by atoms with Gasteiger partial charge < -0.3 is 10.5 Å². The highest BCUT2D eigenvalue weighted by molar-refractivity contribution is 7.13. The summed E-state index contributed by atoms with van der Waals surface area (Å²) in [6.07, 6.45) is -0.893. The van der Waals surface area contributed by atoms with Gasteiger partial charge in [-0.3, -0.25) is 9.59 Å². The minimum absolute atomic E-state index is 0.0287. The average molecular weight is 290 g/mol. The Morgan fingerprint density at radius 1 is 1.35 bits per heavy atom. The topological polar surface area (TPSA) is 82.3 Å². The van der Waals surface area contributed by atoms with Crippen LogP contribution in [0.4, 0.5) is 0 Å². The molecule has 2 rings (SSSR count). The van der Waals surface area contributed by atoms with E-state index in [9.17, 15) is 9.59 Å². The molecule has 1 atom stereocenters. The number of primary amides is 1. The van der Waals surface area contributed by atoms with Crippen LogP contribution in [0.2, 0.25) is 0 Å². The lowest BCUT2D eigenvalue weighted by atomic mass is 10.2. The molecule has 1 aromatic heterocycles. The Bertz CT molecular complexity index is 610. The zero-order chi connectivity index (χ0) is 14.5. The number of benzene rings is 1. The highest BCUT2D eigenvalue weighted by Crippen LogP contribution is 2.23. The normalized spacial score (nSPS) is 11.8. The van der Waals surface area contributed by atoms with Crippen LogP contribution in [0.3, 0.4) is 0 Å². The van der Waals surface area contributed by atoms with E-state index in [0.29, 0.717) is 5.69 Å². The molecule has 0 bridgehead atoms. The molecule has 0 spiro atoms. The molecule has 2 aromatic rings. The van der Waals surface area contributed by atoms with Crippen molar-refractivity contribution in [2.24, 2.45) is 5.73 Å². The molecular formula is C14H14N2O3S. The first-order valence-electron chi connectivity index (χ1n) is 6.05. The summed E-state index contributed by atoms with van der Waals surface area (Å²) in [4.78, 5) is 26.8. The van der Waals surface area contributed by atoms with Crippen molar-refractivity contribution < 1.29 is 14.3 Å². The second-order valence-electron chi connectivity index (χ2n) is 4.22. The molecule has 2 N–H and O–H groups in total. The Kier molecular flexibility index (Phi) is 4.47. The number of esters is 1. The summed E-state index contributed by atoms with van der Waals surface area (Å²) < 4.78 is 4.88. The summed E-state index contributed by atoms with van der Waals surface area (Å²) in [5, 5.41) is 2.65. The molecular weight excluding hydrogens is 276 g/mol. The predicted octanol–water partition coefficient (Wildman–Crippen LogP) is 1.77. The Morgan fingerprint density at radius 2 is 2.05 bits per heavy atom. The lowest BCUT2D eigenvalue weighted by molar-refractivity contribution is -0.153. The van der Waals surface area contributed by atoms with Crippen molar-refractivity contribution in [1.82, 2.24) is 4.98 Å². The van der Waals surface area contributed by atoms with Crippen molar-refractivity contribution in [3.05, 3.63) is 41.4 Å².